The van der Waals surface area contributed by atoms with Crippen LogP contribution in [-0.4, -0.2) is 42.0 Å². The highest BCUT2D eigenvalue weighted by Crippen LogP contribution is 2.42. The number of nitrogens with zero attached hydrogens (tertiary/aromatic N) is 1. The summed E-state index contributed by atoms with van der Waals surface area (Å²) in [4.78, 5) is 37.9. The zero-order valence-electron chi connectivity index (χ0n) is 10.8. The van der Waals surface area contributed by atoms with Crippen LogP contribution in [0.1, 0.15) is 38.5 Å². The molecule has 1 aliphatic carbocycles. The van der Waals surface area contributed by atoms with Gasteiger partial charge in [-0.1, -0.05) is 12.8 Å². The molecule has 104 valence electrons. The fourth-order valence-corrected chi connectivity index (χ4v) is 3.38. The molecule has 0 aromatic rings. The zero-order chi connectivity index (χ0) is 13.5. The molecule has 3 aliphatic rings. The Labute approximate surface area is 111 Å². The van der Waals surface area contributed by atoms with E-state index in [1.807, 2.05) is 0 Å². The minimum atomic E-state index is -0.995. The molecule has 2 saturated heterocycles. The van der Waals surface area contributed by atoms with Gasteiger partial charge < -0.3 is 4.74 Å². The van der Waals surface area contributed by atoms with Crippen molar-refractivity contribution in [2.45, 2.75) is 44.6 Å². The molecule has 6 heteroatoms. The summed E-state index contributed by atoms with van der Waals surface area (Å²) in [6, 6.07) is -0.810. The first-order valence-corrected chi connectivity index (χ1v) is 6.92. The highest BCUT2D eigenvalue weighted by molar-refractivity contribution is 6.19. The number of hydrogen-bond acceptors (Lipinski definition) is 4. The summed E-state index contributed by atoms with van der Waals surface area (Å²) in [6.45, 7) is 1.05. The van der Waals surface area contributed by atoms with Gasteiger partial charge in [0, 0.05) is 6.61 Å². The minimum absolute atomic E-state index is 0.230. The van der Waals surface area contributed by atoms with Crippen molar-refractivity contribution in [1.82, 2.24) is 10.2 Å². The number of urea groups is 1. The number of carbonyl (C=O) groups excluding carboxylic acids is 3. The predicted octanol–water partition coefficient (Wildman–Crippen LogP) is 0.804. The van der Waals surface area contributed by atoms with Crippen molar-refractivity contribution in [3.8, 4) is 0 Å². The van der Waals surface area contributed by atoms with Crippen LogP contribution in [0, 0.1) is 5.41 Å². The second-order valence-corrected chi connectivity index (χ2v) is 5.59. The van der Waals surface area contributed by atoms with Crippen LogP contribution in [0.15, 0.2) is 0 Å². The molecule has 2 aliphatic heterocycles. The van der Waals surface area contributed by atoms with Crippen molar-refractivity contribution in [3.05, 3.63) is 0 Å². The number of rotatable bonds is 1. The van der Waals surface area contributed by atoms with E-state index in [1.165, 1.54) is 4.90 Å². The lowest BCUT2D eigenvalue weighted by Crippen LogP contribution is -2.66. The fraction of sp³-hybridized carbons (Fsp3) is 0.769. The van der Waals surface area contributed by atoms with Crippen LogP contribution in [-0.2, 0) is 14.3 Å². The smallest absolute Gasteiger partial charge is 0.331 e. The molecule has 1 unspecified atom stereocenters. The van der Waals surface area contributed by atoms with E-state index in [9.17, 15) is 14.4 Å². The van der Waals surface area contributed by atoms with E-state index in [-0.39, 0.29) is 11.9 Å². The predicted molar refractivity (Wildman–Crippen MR) is 65.1 cm³/mol. The highest BCUT2D eigenvalue weighted by Gasteiger charge is 2.56. The van der Waals surface area contributed by atoms with Crippen molar-refractivity contribution in [2.75, 3.05) is 13.2 Å². The van der Waals surface area contributed by atoms with Gasteiger partial charge in [-0.2, -0.15) is 0 Å². The molecule has 19 heavy (non-hydrogen) atoms. The van der Waals surface area contributed by atoms with Gasteiger partial charge in [0.05, 0.1) is 12.6 Å². The van der Waals surface area contributed by atoms with Gasteiger partial charge in [-0.05, 0) is 25.7 Å². The van der Waals surface area contributed by atoms with Gasteiger partial charge in [-0.25, -0.2) is 4.79 Å². The van der Waals surface area contributed by atoms with Crippen LogP contribution >= 0.6 is 0 Å². The van der Waals surface area contributed by atoms with Crippen LogP contribution in [0.5, 0.6) is 0 Å². The third-order valence-electron chi connectivity index (χ3n) is 4.46. The third-order valence-corrected chi connectivity index (χ3v) is 4.46. The Bertz CT molecular complexity index is 422. The number of carbonyl (C=O) groups is 3. The van der Waals surface area contributed by atoms with Gasteiger partial charge in [0.15, 0.2) is 0 Å². The monoisotopic (exact) mass is 266 g/mol. The Morgan fingerprint density at radius 3 is 2.53 bits per heavy atom. The minimum Gasteiger partial charge on any atom is -0.379 e. The summed E-state index contributed by atoms with van der Waals surface area (Å²) in [5.41, 5.74) is -0.995. The van der Waals surface area contributed by atoms with E-state index in [2.05, 4.69) is 5.32 Å². The molecule has 1 N–H and O–H groups in total. The highest BCUT2D eigenvalue weighted by atomic mass is 16.5. The summed E-state index contributed by atoms with van der Waals surface area (Å²) in [6.07, 6.45) is 4.42. The SMILES string of the molecule is O=C1NC(=O)C2(CCCC2)C(=O)N1C1CCCOC1. The Morgan fingerprint density at radius 2 is 1.89 bits per heavy atom. The topological polar surface area (TPSA) is 75.7 Å². The van der Waals surface area contributed by atoms with Crippen LogP contribution < -0.4 is 5.32 Å². The first kappa shape index (κ1) is 12.6. The number of ether oxygens (including phenoxy) is 1. The Balaban J connectivity index is 1.88. The first-order chi connectivity index (χ1) is 9.15. The van der Waals surface area contributed by atoms with Gasteiger partial charge >= 0.3 is 6.03 Å². The molecule has 2 heterocycles. The van der Waals surface area contributed by atoms with E-state index in [0.717, 1.165) is 25.7 Å². The van der Waals surface area contributed by atoms with Crippen molar-refractivity contribution in [3.63, 3.8) is 0 Å². The second-order valence-electron chi connectivity index (χ2n) is 5.59. The maximum Gasteiger partial charge on any atom is 0.331 e. The van der Waals surface area contributed by atoms with Crippen LogP contribution in [0.3, 0.4) is 0 Å². The molecule has 3 fully saturated rings. The number of nitrogens with one attached hydrogen (secondary N) is 1. The molecule has 0 radical (unpaired) electrons. The first-order valence-electron chi connectivity index (χ1n) is 6.92. The Hall–Kier alpha value is -1.43. The normalized spacial score (nSPS) is 30.8. The Kier molecular flexibility index (Phi) is 3.05. The van der Waals surface area contributed by atoms with E-state index >= 15 is 0 Å². The van der Waals surface area contributed by atoms with E-state index in [0.29, 0.717) is 26.1 Å². The molecule has 0 bridgehead atoms. The maximum atomic E-state index is 12.7. The average Bonchev–Trinajstić information content (AvgIpc) is 2.89. The molecule has 6 nitrogen and oxygen atoms in total. The van der Waals surface area contributed by atoms with Crippen LogP contribution in [0.25, 0.3) is 0 Å². The summed E-state index contributed by atoms with van der Waals surface area (Å²) in [5, 5.41) is 2.36. The maximum absolute atomic E-state index is 12.7. The Morgan fingerprint density at radius 1 is 1.16 bits per heavy atom. The molecule has 0 aromatic carbocycles. The molecule has 1 atom stereocenters. The summed E-state index contributed by atoms with van der Waals surface area (Å²) < 4.78 is 5.35. The van der Waals surface area contributed by atoms with E-state index in [4.69, 9.17) is 4.74 Å². The number of hydrogen-bond donors (Lipinski definition) is 1. The van der Waals surface area contributed by atoms with Crippen molar-refractivity contribution >= 4 is 17.8 Å². The zero-order valence-corrected chi connectivity index (χ0v) is 10.8. The molecule has 1 spiro atoms. The molecular formula is C13H18N2O4. The number of barbiturate groups is 1. The number of imide groups is 2. The number of amides is 4. The molecule has 3 rings (SSSR count). The summed E-state index contributed by atoms with van der Waals surface area (Å²) in [5.74, 6) is -0.720. The molecule has 0 aromatic heterocycles. The van der Waals surface area contributed by atoms with Gasteiger partial charge in [-0.3, -0.25) is 19.8 Å². The van der Waals surface area contributed by atoms with Crippen molar-refractivity contribution in [1.29, 1.82) is 0 Å². The van der Waals surface area contributed by atoms with Gasteiger partial charge in [0.25, 0.3) is 0 Å². The average molecular weight is 266 g/mol. The molecular weight excluding hydrogens is 248 g/mol. The second kappa shape index (κ2) is 4.59. The van der Waals surface area contributed by atoms with Gasteiger partial charge in [0.2, 0.25) is 11.8 Å². The van der Waals surface area contributed by atoms with Crippen molar-refractivity contribution in [2.24, 2.45) is 5.41 Å². The van der Waals surface area contributed by atoms with Crippen molar-refractivity contribution < 1.29 is 19.1 Å². The lowest BCUT2D eigenvalue weighted by atomic mass is 9.81. The van der Waals surface area contributed by atoms with Gasteiger partial charge in [-0.15, -0.1) is 0 Å². The lowest BCUT2D eigenvalue weighted by molar-refractivity contribution is -0.154. The van der Waals surface area contributed by atoms with Crippen LogP contribution in [0.2, 0.25) is 0 Å². The molecule has 4 amide bonds. The summed E-state index contributed by atoms with van der Waals surface area (Å²) in [7, 11) is 0. The largest absolute Gasteiger partial charge is 0.379 e. The van der Waals surface area contributed by atoms with E-state index in [1.54, 1.807) is 0 Å². The third kappa shape index (κ3) is 1.85. The quantitative estimate of drug-likeness (QED) is 0.712. The van der Waals surface area contributed by atoms with Crippen LogP contribution in [0.4, 0.5) is 4.79 Å². The fourth-order valence-electron chi connectivity index (χ4n) is 3.38. The standard InChI is InChI=1S/C13H18N2O4/c16-10-13(5-1-2-6-13)11(17)15(12(18)14-10)9-4-3-7-19-8-9/h9H,1-8H2,(H,14,16,18). The van der Waals surface area contributed by atoms with E-state index < -0.39 is 17.4 Å². The summed E-state index contributed by atoms with van der Waals surface area (Å²) >= 11 is 0. The van der Waals surface area contributed by atoms with Gasteiger partial charge in [0.1, 0.15) is 5.41 Å². The molecule has 1 saturated carbocycles. The lowest BCUT2D eigenvalue weighted by Gasteiger charge is -2.41.